The maximum absolute atomic E-state index is 11.9. The molecule has 0 aromatic heterocycles. The molecule has 0 saturated carbocycles. The van der Waals surface area contributed by atoms with E-state index in [4.69, 9.17) is 28.4 Å². The fourth-order valence-electron chi connectivity index (χ4n) is 2.85. The molecule has 0 bridgehead atoms. The number of benzene rings is 1. The van der Waals surface area contributed by atoms with E-state index < -0.39 is 9.84 Å². The average molecular weight is 402 g/mol. The van der Waals surface area contributed by atoms with Crippen LogP contribution in [0.4, 0.5) is 0 Å². The lowest BCUT2D eigenvalue weighted by Crippen LogP contribution is -2.16. The minimum atomic E-state index is -3.09. The van der Waals surface area contributed by atoms with Crippen LogP contribution in [-0.4, -0.2) is 74.5 Å². The Kier molecular flexibility index (Phi) is 7.71. The predicted octanol–water partition coefficient (Wildman–Crippen LogP) is 0.953. The summed E-state index contributed by atoms with van der Waals surface area (Å²) in [6, 6.07) is 3.51. The van der Waals surface area contributed by atoms with Crippen molar-refractivity contribution in [1.29, 1.82) is 0 Å². The van der Waals surface area contributed by atoms with Gasteiger partial charge < -0.3 is 28.4 Å². The molecule has 152 valence electrons. The first-order chi connectivity index (χ1) is 13.1. The van der Waals surface area contributed by atoms with Crippen molar-refractivity contribution in [3.8, 4) is 11.5 Å². The Morgan fingerprint density at radius 1 is 0.556 bits per heavy atom. The van der Waals surface area contributed by atoms with Crippen LogP contribution in [-0.2, 0) is 40.3 Å². The number of ether oxygens (including phenoxy) is 6. The Morgan fingerprint density at radius 2 is 0.889 bits per heavy atom. The number of fused-ring (bicyclic) bond motifs is 2. The molecule has 0 unspecified atom stereocenters. The Hall–Kier alpha value is -1.39. The summed E-state index contributed by atoms with van der Waals surface area (Å²) in [6.07, 6.45) is 0. The molecule has 9 heteroatoms. The fraction of sp³-hybridized carbons (Fsp3) is 0.667. The van der Waals surface area contributed by atoms with Crippen molar-refractivity contribution in [3.63, 3.8) is 0 Å². The monoisotopic (exact) mass is 402 g/mol. The number of hydrogen-bond acceptors (Lipinski definition) is 8. The summed E-state index contributed by atoms with van der Waals surface area (Å²) in [7, 11) is -3.09. The molecule has 1 aromatic rings. The van der Waals surface area contributed by atoms with Gasteiger partial charge in [-0.05, 0) is 23.3 Å². The maximum atomic E-state index is 11.9. The van der Waals surface area contributed by atoms with Gasteiger partial charge in [0.2, 0.25) is 0 Å². The van der Waals surface area contributed by atoms with Crippen molar-refractivity contribution in [2.45, 2.75) is 11.5 Å². The molecule has 0 N–H and O–H groups in total. The third-order valence-electron chi connectivity index (χ3n) is 4.10. The van der Waals surface area contributed by atoms with E-state index in [0.29, 0.717) is 77.6 Å². The second-order valence-electron chi connectivity index (χ2n) is 6.25. The highest BCUT2D eigenvalue weighted by Crippen LogP contribution is 2.36. The van der Waals surface area contributed by atoms with Crippen molar-refractivity contribution in [3.05, 3.63) is 23.3 Å². The van der Waals surface area contributed by atoms with Crippen molar-refractivity contribution >= 4 is 9.84 Å². The highest BCUT2D eigenvalue weighted by molar-refractivity contribution is 7.90. The molecule has 2 aliphatic rings. The van der Waals surface area contributed by atoms with Gasteiger partial charge in [-0.15, -0.1) is 0 Å². The topological polar surface area (TPSA) is 89.5 Å². The lowest BCUT2D eigenvalue weighted by atomic mass is 10.1. The van der Waals surface area contributed by atoms with Gasteiger partial charge in [-0.3, -0.25) is 0 Å². The molecule has 2 aliphatic heterocycles. The molecule has 27 heavy (non-hydrogen) atoms. The molecule has 0 amide bonds. The molecule has 0 fully saturated rings. The van der Waals surface area contributed by atoms with Gasteiger partial charge in [0, 0.05) is 0 Å². The van der Waals surface area contributed by atoms with Crippen molar-refractivity contribution < 1.29 is 36.8 Å². The van der Waals surface area contributed by atoms with Crippen molar-refractivity contribution in [2.75, 3.05) is 66.1 Å². The molecule has 0 aliphatic carbocycles. The second-order valence-corrected chi connectivity index (χ2v) is 8.31. The van der Waals surface area contributed by atoms with E-state index >= 15 is 0 Å². The van der Waals surface area contributed by atoms with E-state index in [0.717, 1.165) is 11.1 Å². The quantitative estimate of drug-likeness (QED) is 0.634. The van der Waals surface area contributed by atoms with Gasteiger partial charge in [-0.1, -0.05) is 0 Å². The SMILES string of the molecule is O=S1(=O)Cc2cc3c(cc2C1)OCCOCCOCCOCCOCCO3. The Labute approximate surface area is 159 Å². The lowest BCUT2D eigenvalue weighted by molar-refractivity contribution is -0.00842. The van der Waals surface area contributed by atoms with Gasteiger partial charge >= 0.3 is 0 Å². The summed E-state index contributed by atoms with van der Waals surface area (Å²) < 4.78 is 57.1. The summed E-state index contributed by atoms with van der Waals surface area (Å²) in [4.78, 5) is 0. The smallest absolute Gasteiger partial charge is 0.161 e. The van der Waals surface area contributed by atoms with E-state index in [2.05, 4.69) is 0 Å². The minimum absolute atomic E-state index is 0.0376. The van der Waals surface area contributed by atoms with Crippen LogP contribution in [0.5, 0.6) is 11.5 Å². The average Bonchev–Trinajstić information content (AvgIpc) is 2.93. The molecule has 0 saturated heterocycles. The van der Waals surface area contributed by atoms with Crippen molar-refractivity contribution in [2.24, 2.45) is 0 Å². The molecule has 8 nitrogen and oxygen atoms in total. The van der Waals surface area contributed by atoms with Gasteiger partial charge in [0.1, 0.15) is 13.2 Å². The zero-order valence-corrected chi connectivity index (χ0v) is 16.1. The fourth-order valence-corrected chi connectivity index (χ4v) is 4.43. The molecule has 2 heterocycles. The lowest BCUT2D eigenvalue weighted by Gasteiger charge is -2.15. The highest BCUT2D eigenvalue weighted by Gasteiger charge is 2.27. The molecule has 1 aromatic carbocycles. The van der Waals surface area contributed by atoms with Crippen LogP contribution in [0.1, 0.15) is 11.1 Å². The Morgan fingerprint density at radius 3 is 1.26 bits per heavy atom. The molecule has 0 spiro atoms. The number of sulfone groups is 1. The predicted molar refractivity (Wildman–Crippen MR) is 97.0 cm³/mol. The van der Waals surface area contributed by atoms with Crippen molar-refractivity contribution in [1.82, 2.24) is 0 Å². The van der Waals surface area contributed by atoms with Crippen LogP contribution >= 0.6 is 0 Å². The van der Waals surface area contributed by atoms with Crippen LogP contribution in [0.25, 0.3) is 0 Å². The first-order valence-corrected chi connectivity index (χ1v) is 10.9. The first-order valence-electron chi connectivity index (χ1n) is 9.07. The largest absolute Gasteiger partial charge is 0.487 e. The minimum Gasteiger partial charge on any atom is -0.487 e. The first kappa shape index (κ1) is 20.3. The van der Waals surface area contributed by atoms with E-state index in [1.807, 2.05) is 0 Å². The van der Waals surface area contributed by atoms with Crippen LogP contribution in [0.2, 0.25) is 0 Å². The van der Waals surface area contributed by atoms with Crippen LogP contribution in [0, 0.1) is 0 Å². The maximum Gasteiger partial charge on any atom is 0.161 e. The molecular weight excluding hydrogens is 376 g/mol. The molecular formula is C18H26O8S. The third-order valence-corrected chi connectivity index (χ3v) is 5.60. The Balaban J connectivity index is 1.64. The van der Waals surface area contributed by atoms with Crippen LogP contribution in [0.3, 0.4) is 0 Å². The summed E-state index contributed by atoms with van der Waals surface area (Å²) in [5.41, 5.74) is 1.53. The number of hydrogen-bond donors (Lipinski definition) is 0. The third kappa shape index (κ3) is 6.62. The van der Waals surface area contributed by atoms with Gasteiger partial charge in [-0.2, -0.15) is 0 Å². The van der Waals surface area contributed by atoms with E-state index in [1.165, 1.54) is 0 Å². The summed E-state index contributed by atoms with van der Waals surface area (Å²) >= 11 is 0. The normalized spacial score (nSPS) is 22.4. The van der Waals surface area contributed by atoms with Gasteiger partial charge in [-0.25, -0.2) is 8.42 Å². The standard InChI is InChI=1S/C18H26O8S/c19-27(20)13-15-11-17-18(12-16(15)14-27)26-10-8-24-6-4-22-2-1-21-3-5-23-7-9-25-17/h11-12H,1-10,13-14H2. The van der Waals surface area contributed by atoms with E-state index in [9.17, 15) is 8.42 Å². The van der Waals surface area contributed by atoms with E-state index in [1.54, 1.807) is 12.1 Å². The molecule has 0 atom stereocenters. The second kappa shape index (κ2) is 10.2. The summed E-state index contributed by atoms with van der Waals surface area (Å²) in [6.45, 7) is 4.43. The van der Waals surface area contributed by atoms with Gasteiger partial charge in [0.15, 0.2) is 21.3 Å². The van der Waals surface area contributed by atoms with Gasteiger partial charge in [0.25, 0.3) is 0 Å². The van der Waals surface area contributed by atoms with E-state index in [-0.39, 0.29) is 11.5 Å². The zero-order chi connectivity index (χ0) is 19.0. The highest BCUT2D eigenvalue weighted by atomic mass is 32.2. The summed E-state index contributed by atoms with van der Waals surface area (Å²) in [5.74, 6) is 1.12. The Bertz CT molecular complexity index is 651. The summed E-state index contributed by atoms with van der Waals surface area (Å²) in [5, 5.41) is 0. The number of rotatable bonds is 0. The zero-order valence-electron chi connectivity index (χ0n) is 15.3. The van der Waals surface area contributed by atoms with Crippen LogP contribution in [0.15, 0.2) is 12.1 Å². The van der Waals surface area contributed by atoms with Crippen LogP contribution < -0.4 is 9.47 Å². The molecule has 3 rings (SSSR count). The van der Waals surface area contributed by atoms with Gasteiger partial charge in [0.05, 0.1) is 64.4 Å². The molecule has 0 radical (unpaired) electrons.